The summed E-state index contributed by atoms with van der Waals surface area (Å²) >= 11 is 5.70. The molecule has 0 fully saturated rings. The van der Waals surface area contributed by atoms with E-state index in [1.165, 1.54) is 18.2 Å². The van der Waals surface area contributed by atoms with Crippen LogP contribution >= 0.6 is 11.6 Å². The van der Waals surface area contributed by atoms with E-state index in [4.69, 9.17) is 28.8 Å². The van der Waals surface area contributed by atoms with E-state index < -0.39 is 0 Å². The largest absolute Gasteiger partial charge is 0.506 e. The molecule has 0 saturated carbocycles. The number of phenolic OH excluding ortho intramolecular Hbond substituents is 1. The van der Waals surface area contributed by atoms with Gasteiger partial charge in [0.25, 0.3) is 0 Å². The fraction of sp³-hybridized carbons (Fsp3) is 0. The van der Waals surface area contributed by atoms with Gasteiger partial charge in [0.05, 0.1) is 0 Å². The average Bonchev–Trinajstić information content (AvgIpc) is 2.10. The van der Waals surface area contributed by atoms with Crippen molar-refractivity contribution in [1.82, 2.24) is 0 Å². The summed E-state index contributed by atoms with van der Waals surface area (Å²) in [5, 5.41) is 9.81. The predicted octanol–water partition coefficient (Wildman–Crippen LogP) is 0.265. The first-order chi connectivity index (χ1) is 6.99. The van der Waals surface area contributed by atoms with Crippen LogP contribution in [0.15, 0.2) is 28.2 Å². The van der Waals surface area contributed by atoms with E-state index in [9.17, 15) is 5.11 Å². The first-order valence-electron chi connectivity index (χ1n) is 3.91. The summed E-state index contributed by atoms with van der Waals surface area (Å²) in [6.45, 7) is 0. The first kappa shape index (κ1) is 11.1. The normalized spacial score (nSPS) is 11.1. The fourth-order valence-electron chi connectivity index (χ4n) is 0.867. The van der Waals surface area contributed by atoms with Gasteiger partial charge in [-0.2, -0.15) is 4.99 Å². The number of aliphatic imine (C=N–C) groups is 2. The topological polar surface area (TPSA) is 123 Å². The van der Waals surface area contributed by atoms with Crippen LogP contribution in [0.1, 0.15) is 0 Å². The minimum Gasteiger partial charge on any atom is -0.506 e. The number of nitrogens with zero attached hydrogens (tertiary/aromatic N) is 2. The lowest BCUT2D eigenvalue weighted by Gasteiger charge is -1.99. The minimum absolute atomic E-state index is 0.0619. The second kappa shape index (κ2) is 4.52. The third kappa shape index (κ3) is 3.35. The first-order valence-corrected chi connectivity index (χ1v) is 4.29. The van der Waals surface area contributed by atoms with Crippen LogP contribution in [-0.4, -0.2) is 17.0 Å². The van der Waals surface area contributed by atoms with Gasteiger partial charge in [0.15, 0.2) is 5.96 Å². The highest BCUT2D eigenvalue weighted by Crippen LogP contribution is 2.29. The number of hydrogen-bond acceptors (Lipinski definition) is 2. The molecule has 0 saturated heterocycles. The summed E-state index contributed by atoms with van der Waals surface area (Å²) in [6, 6.07) is 4.35. The number of nitrogens with two attached hydrogens (primary N) is 3. The monoisotopic (exact) mass is 227 g/mol. The summed E-state index contributed by atoms with van der Waals surface area (Å²) in [4.78, 5) is 7.26. The van der Waals surface area contributed by atoms with Gasteiger partial charge in [-0.25, -0.2) is 4.99 Å². The van der Waals surface area contributed by atoms with Crippen molar-refractivity contribution in [3.63, 3.8) is 0 Å². The van der Waals surface area contributed by atoms with Crippen LogP contribution in [0.5, 0.6) is 5.75 Å². The second-order valence-corrected chi connectivity index (χ2v) is 3.08. The van der Waals surface area contributed by atoms with Gasteiger partial charge in [-0.1, -0.05) is 11.6 Å². The van der Waals surface area contributed by atoms with E-state index in [0.29, 0.717) is 5.02 Å². The lowest BCUT2D eigenvalue weighted by molar-refractivity contribution is 0.477. The van der Waals surface area contributed by atoms with Crippen molar-refractivity contribution in [2.75, 3.05) is 0 Å². The minimum atomic E-state index is -0.210. The lowest BCUT2D eigenvalue weighted by atomic mass is 10.3. The van der Waals surface area contributed by atoms with Crippen molar-refractivity contribution in [2.24, 2.45) is 27.2 Å². The van der Waals surface area contributed by atoms with Gasteiger partial charge in [0, 0.05) is 5.02 Å². The molecule has 0 radical (unpaired) electrons. The Morgan fingerprint density at radius 3 is 2.53 bits per heavy atom. The van der Waals surface area contributed by atoms with Gasteiger partial charge >= 0.3 is 0 Å². The van der Waals surface area contributed by atoms with Gasteiger partial charge in [-0.3, -0.25) is 0 Å². The van der Waals surface area contributed by atoms with Gasteiger partial charge in [-0.05, 0) is 18.2 Å². The molecule has 0 unspecified atom stereocenters. The molecular weight excluding hydrogens is 218 g/mol. The maximum Gasteiger partial charge on any atom is 0.223 e. The summed E-state index contributed by atoms with van der Waals surface area (Å²) in [6.07, 6.45) is 0. The van der Waals surface area contributed by atoms with Crippen molar-refractivity contribution in [2.45, 2.75) is 0 Å². The number of aromatic hydroxyl groups is 1. The lowest BCUT2D eigenvalue weighted by Crippen LogP contribution is -2.26. The molecule has 7 heteroatoms. The Bertz CT molecular complexity index is 425. The Labute approximate surface area is 91.1 Å². The number of rotatable bonds is 1. The summed E-state index contributed by atoms with van der Waals surface area (Å²) in [7, 11) is 0. The predicted molar refractivity (Wildman–Crippen MR) is 60.2 cm³/mol. The van der Waals surface area contributed by atoms with Crippen LogP contribution in [0, 0.1) is 0 Å². The molecular formula is C8H10ClN5O. The molecule has 1 aromatic carbocycles. The molecule has 0 heterocycles. The number of halogens is 1. The van der Waals surface area contributed by atoms with E-state index in [0.717, 1.165) is 0 Å². The second-order valence-electron chi connectivity index (χ2n) is 2.64. The van der Waals surface area contributed by atoms with Crippen LogP contribution < -0.4 is 17.2 Å². The molecule has 0 amide bonds. The molecule has 7 N–H and O–H groups in total. The molecule has 0 bridgehead atoms. The van der Waals surface area contributed by atoms with Gasteiger partial charge in [0.1, 0.15) is 11.4 Å². The van der Waals surface area contributed by atoms with Crippen molar-refractivity contribution in [3.05, 3.63) is 23.2 Å². The van der Waals surface area contributed by atoms with Gasteiger partial charge in [-0.15, -0.1) is 0 Å². The summed E-state index contributed by atoms with van der Waals surface area (Å²) < 4.78 is 0. The zero-order valence-electron chi connectivity index (χ0n) is 7.68. The average molecular weight is 228 g/mol. The van der Waals surface area contributed by atoms with Gasteiger partial charge < -0.3 is 22.3 Å². The number of hydrogen-bond donors (Lipinski definition) is 4. The molecule has 0 atom stereocenters. The molecule has 1 aromatic rings. The Morgan fingerprint density at radius 2 is 1.93 bits per heavy atom. The van der Waals surface area contributed by atoms with E-state index in [1.54, 1.807) is 0 Å². The maximum atomic E-state index is 9.39. The highest BCUT2D eigenvalue weighted by atomic mass is 35.5. The van der Waals surface area contributed by atoms with E-state index in [1.807, 2.05) is 0 Å². The quantitative estimate of drug-likeness (QED) is 0.406. The van der Waals surface area contributed by atoms with E-state index in [-0.39, 0.29) is 23.4 Å². The van der Waals surface area contributed by atoms with Crippen molar-refractivity contribution < 1.29 is 5.11 Å². The maximum absolute atomic E-state index is 9.39. The SMILES string of the molecule is NC(N)=NC(N)=Nc1cc(Cl)ccc1O. The van der Waals surface area contributed by atoms with Crippen molar-refractivity contribution in [3.8, 4) is 5.75 Å². The molecule has 6 nitrogen and oxygen atoms in total. The third-order valence-corrected chi connectivity index (χ3v) is 1.65. The zero-order valence-corrected chi connectivity index (χ0v) is 8.44. The Hall–Kier alpha value is -1.95. The Morgan fingerprint density at radius 1 is 1.27 bits per heavy atom. The van der Waals surface area contributed by atoms with Crippen LogP contribution in [-0.2, 0) is 0 Å². The Balaban J connectivity index is 3.07. The Kier molecular flexibility index (Phi) is 3.35. The summed E-state index contributed by atoms with van der Waals surface area (Å²) in [5.74, 6) is -0.432. The molecule has 0 aliphatic heterocycles. The third-order valence-electron chi connectivity index (χ3n) is 1.42. The van der Waals surface area contributed by atoms with Crippen LogP contribution in [0.2, 0.25) is 5.02 Å². The highest BCUT2D eigenvalue weighted by molar-refractivity contribution is 6.30. The fourth-order valence-corrected chi connectivity index (χ4v) is 1.03. The van der Waals surface area contributed by atoms with E-state index >= 15 is 0 Å². The summed E-state index contributed by atoms with van der Waals surface area (Å²) in [5.41, 5.74) is 15.8. The van der Waals surface area contributed by atoms with Crippen LogP contribution in [0.4, 0.5) is 5.69 Å². The number of benzene rings is 1. The van der Waals surface area contributed by atoms with Crippen molar-refractivity contribution in [1.29, 1.82) is 0 Å². The highest BCUT2D eigenvalue weighted by Gasteiger charge is 2.01. The van der Waals surface area contributed by atoms with Crippen LogP contribution in [0.25, 0.3) is 0 Å². The molecule has 80 valence electrons. The number of phenols is 1. The number of guanidine groups is 2. The van der Waals surface area contributed by atoms with E-state index in [2.05, 4.69) is 9.98 Å². The molecule has 0 spiro atoms. The molecule has 0 aliphatic rings. The van der Waals surface area contributed by atoms with Gasteiger partial charge in [0.2, 0.25) is 5.96 Å². The van der Waals surface area contributed by atoms with Crippen LogP contribution in [0.3, 0.4) is 0 Å². The molecule has 0 aliphatic carbocycles. The molecule has 0 aromatic heterocycles. The standard InChI is InChI=1S/C8H10ClN5O/c9-4-1-2-6(15)5(3-4)13-8(12)14-7(10)11/h1-3,15H,(H6,10,11,12,13,14). The molecule has 1 rings (SSSR count). The smallest absolute Gasteiger partial charge is 0.223 e. The van der Waals surface area contributed by atoms with Crippen molar-refractivity contribution >= 4 is 29.2 Å². The zero-order chi connectivity index (χ0) is 11.4. The molecule has 15 heavy (non-hydrogen) atoms.